The standard InChI is InChI=1S/C39H50ClN9O4/c1-24(35(50)45-30-17-13-25(14-18-30)10-8-20-49(5)38(52)53-39(2,3)4)21-27-12-16-28-22-26(11-15-29(28)23-27)9-6-7-19-44-37(43)48-36(51)31-33(41)47-34(42)32(40)46-31/h11-18,22-24H,6-10,19-21H2,1-5H3,(H,45,50)(H4,41,42,47)(H3,43,44,48,51)/t24-/m0/s1. The van der Waals surface area contributed by atoms with Gasteiger partial charge in [0.2, 0.25) is 5.91 Å². The van der Waals surface area contributed by atoms with Crippen LogP contribution in [0.25, 0.3) is 10.8 Å². The summed E-state index contributed by atoms with van der Waals surface area (Å²) in [5.41, 5.74) is 14.7. The van der Waals surface area contributed by atoms with Gasteiger partial charge in [-0.1, -0.05) is 67.1 Å². The van der Waals surface area contributed by atoms with Crippen molar-refractivity contribution in [3.8, 4) is 0 Å². The number of carbonyl (C=O) groups excluding carboxylic acids is 3. The normalized spacial score (nSPS) is 11.8. The van der Waals surface area contributed by atoms with Crippen LogP contribution in [0.15, 0.2) is 60.7 Å². The molecule has 3 aromatic carbocycles. The van der Waals surface area contributed by atoms with E-state index in [1.54, 1.807) is 11.9 Å². The van der Waals surface area contributed by atoms with Gasteiger partial charge in [0.25, 0.3) is 5.91 Å². The number of ether oxygens (including phenoxy) is 1. The second-order valence-electron chi connectivity index (χ2n) is 14.2. The van der Waals surface area contributed by atoms with Gasteiger partial charge in [-0.2, -0.15) is 0 Å². The van der Waals surface area contributed by atoms with E-state index < -0.39 is 11.5 Å². The van der Waals surface area contributed by atoms with Crippen molar-refractivity contribution in [2.24, 2.45) is 5.92 Å². The number of aryl methyl sites for hydroxylation is 2. The van der Waals surface area contributed by atoms with Gasteiger partial charge in [-0.3, -0.25) is 20.3 Å². The topological polar surface area (TPSA) is 201 Å². The van der Waals surface area contributed by atoms with Crippen LogP contribution in [0.3, 0.4) is 0 Å². The number of amides is 3. The molecule has 4 aromatic rings. The molecule has 1 heterocycles. The average molecular weight is 744 g/mol. The number of benzene rings is 3. The number of nitrogens with two attached hydrogens (primary N) is 2. The van der Waals surface area contributed by atoms with E-state index >= 15 is 0 Å². The van der Waals surface area contributed by atoms with Crippen LogP contribution in [0.1, 0.15) is 74.1 Å². The Morgan fingerprint density at radius 2 is 1.51 bits per heavy atom. The molecule has 1 atom stereocenters. The number of guanidine groups is 1. The second kappa shape index (κ2) is 18.4. The summed E-state index contributed by atoms with van der Waals surface area (Å²) < 4.78 is 5.40. The minimum absolute atomic E-state index is 0.0371. The number of unbranched alkanes of at least 4 members (excludes halogenated alkanes) is 1. The molecule has 0 unspecified atom stereocenters. The molecule has 53 heavy (non-hydrogen) atoms. The summed E-state index contributed by atoms with van der Waals surface area (Å²) in [5, 5.41) is 18.4. The van der Waals surface area contributed by atoms with Crippen molar-refractivity contribution in [3.63, 3.8) is 0 Å². The smallest absolute Gasteiger partial charge is 0.410 e. The van der Waals surface area contributed by atoms with Crippen molar-refractivity contribution in [2.75, 3.05) is 36.9 Å². The highest BCUT2D eigenvalue weighted by Crippen LogP contribution is 2.22. The van der Waals surface area contributed by atoms with E-state index in [1.165, 1.54) is 5.56 Å². The van der Waals surface area contributed by atoms with E-state index in [-0.39, 0.29) is 46.4 Å². The number of rotatable bonds is 14. The summed E-state index contributed by atoms with van der Waals surface area (Å²) in [6.07, 6.45) is 4.43. The lowest BCUT2D eigenvalue weighted by Gasteiger charge is -2.24. The minimum atomic E-state index is -0.705. The zero-order valence-corrected chi connectivity index (χ0v) is 31.8. The second-order valence-corrected chi connectivity index (χ2v) is 14.5. The monoisotopic (exact) mass is 743 g/mol. The molecule has 0 aliphatic heterocycles. The van der Waals surface area contributed by atoms with Crippen LogP contribution >= 0.6 is 11.6 Å². The third-order valence-electron chi connectivity index (χ3n) is 8.40. The van der Waals surface area contributed by atoms with Gasteiger partial charge in [-0.05, 0) is 98.9 Å². The maximum absolute atomic E-state index is 13.0. The Kier molecular flexibility index (Phi) is 14.0. The van der Waals surface area contributed by atoms with E-state index in [4.69, 9.17) is 33.2 Å². The predicted octanol–water partition coefficient (Wildman–Crippen LogP) is 6.34. The molecular weight excluding hydrogens is 694 g/mol. The summed E-state index contributed by atoms with van der Waals surface area (Å²) in [6, 6.07) is 20.6. The fourth-order valence-corrected chi connectivity index (χ4v) is 5.66. The first-order chi connectivity index (χ1) is 25.1. The fraction of sp³-hybridized carbons (Fsp3) is 0.385. The zero-order chi connectivity index (χ0) is 38.7. The molecule has 4 rings (SSSR count). The van der Waals surface area contributed by atoms with E-state index in [9.17, 15) is 14.4 Å². The number of hydrogen-bond acceptors (Lipinski definition) is 9. The Labute approximate surface area is 315 Å². The Hall–Kier alpha value is -5.43. The van der Waals surface area contributed by atoms with Gasteiger partial charge in [-0.15, -0.1) is 0 Å². The summed E-state index contributed by atoms with van der Waals surface area (Å²) in [5.74, 6) is -1.39. The number of halogens is 1. The highest BCUT2D eigenvalue weighted by molar-refractivity contribution is 6.31. The number of aromatic nitrogens is 2. The van der Waals surface area contributed by atoms with Crippen molar-refractivity contribution < 1.29 is 19.1 Å². The fourth-order valence-electron chi connectivity index (χ4n) is 5.54. The van der Waals surface area contributed by atoms with Crippen molar-refractivity contribution >= 4 is 63.6 Å². The number of carbonyl (C=O) groups is 3. The van der Waals surface area contributed by atoms with Gasteiger partial charge in [0.15, 0.2) is 28.4 Å². The van der Waals surface area contributed by atoms with Crippen molar-refractivity contribution in [3.05, 3.63) is 88.2 Å². The number of nitrogens with zero attached hydrogens (tertiary/aromatic N) is 3. The lowest BCUT2D eigenvalue weighted by molar-refractivity contribution is -0.119. The maximum atomic E-state index is 13.0. The maximum Gasteiger partial charge on any atom is 0.410 e. The van der Waals surface area contributed by atoms with E-state index in [2.05, 4.69) is 62.3 Å². The van der Waals surface area contributed by atoms with E-state index in [1.807, 2.05) is 52.0 Å². The Balaban J connectivity index is 1.16. The van der Waals surface area contributed by atoms with Crippen LogP contribution in [-0.2, 0) is 28.8 Å². The molecule has 0 aliphatic rings. The molecule has 0 saturated heterocycles. The van der Waals surface area contributed by atoms with Gasteiger partial charge in [0, 0.05) is 31.7 Å². The first kappa shape index (κ1) is 40.3. The first-order valence-electron chi connectivity index (χ1n) is 17.7. The Morgan fingerprint density at radius 3 is 2.19 bits per heavy atom. The van der Waals surface area contributed by atoms with Crippen LogP contribution in [0.4, 0.5) is 22.1 Å². The van der Waals surface area contributed by atoms with Gasteiger partial charge < -0.3 is 31.7 Å². The Morgan fingerprint density at radius 1 is 0.887 bits per heavy atom. The first-order valence-corrected chi connectivity index (χ1v) is 18.0. The van der Waals surface area contributed by atoms with Gasteiger partial charge >= 0.3 is 6.09 Å². The molecule has 0 saturated carbocycles. The molecule has 0 spiro atoms. The Bertz CT molecular complexity index is 1930. The lowest BCUT2D eigenvalue weighted by Crippen LogP contribution is -2.41. The molecule has 0 fully saturated rings. The third-order valence-corrected chi connectivity index (χ3v) is 8.67. The zero-order valence-electron chi connectivity index (χ0n) is 31.0. The molecule has 13 nitrogen and oxygen atoms in total. The molecule has 282 valence electrons. The average Bonchev–Trinajstić information content (AvgIpc) is 3.09. The quantitative estimate of drug-likeness (QED) is 0.0484. The SMILES string of the molecule is C[C@@H](Cc1ccc2cc(CCCCNC(=N)NC(=O)c3nc(Cl)c(N)nc3N)ccc2c1)C(=O)Nc1ccc(CCCN(C)C(=O)OC(C)(C)C)cc1. The van der Waals surface area contributed by atoms with Crippen LogP contribution in [0.5, 0.6) is 0 Å². The highest BCUT2D eigenvalue weighted by atomic mass is 35.5. The van der Waals surface area contributed by atoms with Crippen LogP contribution in [0.2, 0.25) is 5.15 Å². The van der Waals surface area contributed by atoms with E-state index in [0.29, 0.717) is 19.5 Å². The lowest BCUT2D eigenvalue weighted by atomic mass is 9.96. The summed E-state index contributed by atoms with van der Waals surface area (Å²) in [7, 11) is 1.74. The van der Waals surface area contributed by atoms with Crippen molar-refractivity contribution in [1.29, 1.82) is 5.41 Å². The summed E-state index contributed by atoms with van der Waals surface area (Å²) in [4.78, 5) is 46.8. The van der Waals surface area contributed by atoms with Crippen molar-refractivity contribution in [2.45, 2.75) is 71.8 Å². The number of fused-ring (bicyclic) bond motifs is 1. The molecule has 14 heteroatoms. The molecule has 8 N–H and O–H groups in total. The number of hydrogen-bond donors (Lipinski definition) is 6. The van der Waals surface area contributed by atoms with Crippen LogP contribution in [0, 0.1) is 11.3 Å². The summed E-state index contributed by atoms with van der Waals surface area (Å²) >= 11 is 5.83. The van der Waals surface area contributed by atoms with Crippen LogP contribution < -0.4 is 27.4 Å². The molecule has 1 aromatic heterocycles. The molecule has 0 radical (unpaired) electrons. The molecule has 3 amide bonds. The van der Waals surface area contributed by atoms with Crippen LogP contribution in [-0.4, -0.2) is 64.5 Å². The van der Waals surface area contributed by atoms with Gasteiger partial charge in [0.1, 0.15) is 5.60 Å². The van der Waals surface area contributed by atoms with Crippen molar-refractivity contribution in [1.82, 2.24) is 25.5 Å². The minimum Gasteiger partial charge on any atom is -0.444 e. The number of anilines is 3. The highest BCUT2D eigenvalue weighted by Gasteiger charge is 2.20. The molecular formula is C39H50ClN9O4. The number of nitrogens with one attached hydrogen (secondary N) is 4. The van der Waals surface area contributed by atoms with Gasteiger partial charge in [0.05, 0.1) is 0 Å². The summed E-state index contributed by atoms with van der Waals surface area (Å²) in [6.45, 7) is 8.58. The van der Waals surface area contributed by atoms with Gasteiger partial charge in [-0.25, -0.2) is 14.8 Å². The molecule has 0 aliphatic carbocycles. The van der Waals surface area contributed by atoms with E-state index in [0.717, 1.165) is 59.7 Å². The molecule has 0 bridgehead atoms. The number of nitrogen functional groups attached to an aromatic ring is 2. The third kappa shape index (κ3) is 12.6. The predicted molar refractivity (Wildman–Crippen MR) is 211 cm³/mol. The largest absolute Gasteiger partial charge is 0.444 e.